The van der Waals surface area contributed by atoms with Gasteiger partial charge in [0, 0.05) is 17.0 Å². The van der Waals surface area contributed by atoms with Gasteiger partial charge in [-0.05, 0) is 53.4 Å². The van der Waals surface area contributed by atoms with E-state index in [4.69, 9.17) is 4.74 Å². The SMILES string of the molecule is COc1ccc(NC(=O)c2ccc(CSc3ncnc4ccsc34)cc2)cc1. The van der Waals surface area contributed by atoms with Gasteiger partial charge in [-0.1, -0.05) is 12.1 Å². The zero-order chi connectivity index (χ0) is 19.3. The molecule has 1 N–H and O–H groups in total. The van der Waals surface area contributed by atoms with E-state index in [-0.39, 0.29) is 5.91 Å². The fourth-order valence-electron chi connectivity index (χ4n) is 2.65. The summed E-state index contributed by atoms with van der Waals surface area (Å²) in [5.74, 6) is 1.40. The molecule has 2 aromatic heterocycles. The molecule has 28 heavy (non-hydrogen) atoms. The van der Waals surface area contributed by atoms with Crippen molar-refractivity contribution in [2.75, 3.05) is 12.4 Å². The molecule has 0 bridgehead atoms. The zero-order valence-electron chi connectivity index (χ0n) is 15.1. The van der Waals surface area contributed by atoms with Crippen LogP contribution < -0.4 is 10.1 Å². The number of carbonyl (C=O) groups excluding carboxylic acids is 1. The Hall–Kier alpha value is -2.90. The standard InChI is InChI=1S/C21H17N3O2S2/c1-26-17-8-6-16(7-9-17)24-20(25)15-4-2-14(3-5-15)12-28-21-19-18(10-11-27-19)22-13-23-21/h2-11,13H,12H2,1H3,(H,24,25). The zero-order valence-corrected chi connectivity index (χ0v) is 16.7. The number of amides is 1. The van der Waals surface area contributed by atoms with E-state index in [1.54, 1.807) is 36.5 Å². The largest absolute Gasteiger partial charge is 0.497 e. The molecule has 2 heterocycles. The molecule has 0 saturated heterocycles. The summed E-state index contributed by atoms with van der Waals surface area (Å²) in [4.78, 5) is 21.1. The number of nitrogens with one attached hydrogen (secondary N) is 1. The van der Waals surface area contributed by atoms with E-state index in [9.17, 15) is 4.79 Å². The second kappa shape index (κ2) is 8.41. The number of anilines is 1. The van der Waals surface area contributed by atoms with Crippen molar-refractivity contribution in [1.82, 2.24) is 9.97 Å². The average molecular weight is 408 g/mol. The first-order valence-corrected chi connectivity index (χ1v) is 10.4. The van der Waals surface area contributed by atoms with Gasteiger partial charge in [0.1, 0.15) is 17.1 Å². The Morgan fingerprint density at radius 2 is 1.86 bits per heavy atom. The highest BCUT2D eigenvalue weighted by molar-refractivity contribution is 7.98. The van der Waals surface area contributed by atoms with Crippen LogP contribution in [0.3, 0.4) is 0 Å². The van der Waals surface area contributed by atoms with Crippen LogP contribution >= 0.6 is 23.1 Å². The molecule has 0 radical (unpaired) electrons. The van der Waals surface area contributed by atoms with Gasteiger partial charge in [-0.15, -0.1) is 23.1 Å². The molecule has 0 spiro atoms. The molecule has 140 valence electrons. The van der Waals surface area contributed by atoms with E-state index in [1.165, 1.54) is 0 Å². The molecule has 0 saturated carbocycles. The molecule has 0 unspecified atom stereocenters. The molecule has 4 aromatic rings. The minimum Gasteiger partial charge on any atom is -0.497 e. The summed E-state index contributed by atoms with van der Waals surface area (Å²) in [5.41, 5.74) is 3.46. The average Bonchev–Trinajstić information content (AvgIpc) is 3.22. The van der Waals surface area contributed by atoms with Crippen LogP contribution in [0.1, 0.15) is 15.9 Å². The Morgan fingerprint density at radius 1 is 1.07 bits per heavy atom. The molecule has 2 aromatic carbocycles. The Balaban J connectivity index is 1.39. The molecule has 5 nitrogen and oxygen atoms in total. The van der Waals surface area contributed by atoms with E-state index in [1.807, 2.05) is 60.0 Å². The van der Waals surface area contributed by atoms with Gasteiger partial charge in [0.05, 0.1) is 17.3 Å². The number of rotatable bonds is 6. The molecule has 0 aliphatic heterocycles. The van der Waals surface area contributed by atoms with Crippen molar-refractivity contribution in [3.63, 3.8) is 0 Å². The predicted molar refractivity (Wildman–Crippen MR) is 114 cm³/mol. The number of benzene rings is 2. The maximum atomic E-state index is 12.4. The lowest BCUT2D eigenvalue weighted by atomic mass is 10.1. The fraction of sp³-hybridized carbons (Fsp3) is 0.0952. The van der Waals surface area contributed by atoms with Gasteiger partial charge in [-0.2, -0.15) is 0 Å². The van der Waals surface area contributed by atoms with Gasteiger partial charge in [-0.25, -0.2) is 9.97 Å². The molecule has 0 atom stereocenters. The topological polar surface area (TPSA) is 64.1 Å². The third kappa shape index (κ3) is 4.16. The van der Waals surface area contributed by atoms with Crippen molar-refractivity contribution in [3.05, 3.63) is 77.4 Å². The number of hydrogen-bond donors (Lipinski definition) is 1. The third-order valence-electron chi connectivity index (χ3n) is 4.15. The van der Waals surface area contributed by atoms with Crippen molar-refractivity contribution in [2.45, 2.75) is 10.8 Å². The number of thiophene rings is 1. The number of hydrogen-bond acceptors (Lipinski definition) is 6. The Morgan fingerprint density at radius 3 is 2.61 bits per heavy atom. The van der Waals surface area contributed by atoms with E-state index < -0.39 is 0 Å². The van der Waals surface area contributed by atoms with Gasteiger partial charge in [-0.3, -0.25) is 4.79 Å². The second-order valence-electron chi connectivity index (χ2n) is 5.98. The Labute approximate surface area is 170 Å². The van der Waals surface area contributed by atoms with Crippen LogP contribution in [0.4, 0.5) is 5.69 Å². The number of fused-ring (bicyclic) bond motifs is 1. The quantitative estimate of drug-likeness (QED) is 0.350. The maximum absolute atomic E-state index is 12.4. The minimum absolute atomic E-state index is 0.138. The Bertz CT molecular complexity index is 1090. The minimum atomic E-state index is -0.138. The van der Waals surface area contributed by atoms with Crippen LogP contribution in [-0.4, -0.2) is 23.0 Å². The lowest BCUT2D eigenvalue weighted by Crippen LogP contribution is -2.11. The van der Waals surface area contributed by atoms with E-state index >= 15 is 0 Å². The number of ether oxygens (including phenoxy) is 1. The molecular formula is C21H17N3O2S2. The van der Waals surface area contributed by atoms with Crippen molar-refractivity contribution >= 4 is 44.9 Å². The number of carbonyl (C=O) groups is 1. The molecule has 0 aliphatic rings. The molecule has 7 heteroatoms. The number of aromatic nitrogens is 2. The fourth-order valence-corrected chi connectivity index (χ4v) is 4.55. The maximum Gasteiger partial charge on any atom is 0.255 e. The molecule has 0 fully saturated rings. The molecule has 0 aliphatic carbocycles. The summed E-state index contributed by atoms with van der Waals surface area (Å²) >= 11 is 3.33. The first kappa shape index (κ1) is 18.5. The first-order valence-electron chi connectivity index (χ1n) is 8.58. The Kier molecular flexibility index (Phi) is 5.55. The van der Waals surface area contributed by atoms with Crippen LogP contribution in [0, 0.1) is 0 Å². The number of nitrogens with zero attached hydrogens (tertiary/aromatic N) is 2. The highest BCUT2D eigenvalue weighted by atomic mass is 32.2. The third-order valence-corrected chi connectivity index (χ3v) is 6.25. The number of thioether (sulfide) groups is 1. The summed E-state index contributed by atoms with van der Waals surface area (Å²) < 4.78 is 6.24. The highest BCUT2D eigenvalue weighted by Gasteiger charge is 2.08. The monoisotopic (exact) mass is 407 g/mol. The predicted octanol–water partition coefficient (Wildman–Crippen LogP) is 5.24. The van der Waals surface area contributed by atoms with Crippen LogP contribution in [-0.2, 0) is 5.75 Å². The summed E-state index contributed by atoms with van der Waals surface area (Å²) in [6, 6.07) is 16.9. The summed E-state index contributed by atoms with van der Waals surface area (Å²) in [5, 5.41) is 5.90. The molecule has 1 amide bonds. The van der Waals surface area contributed by atoms with Crippen molar-refractivity contribution in [1.29, 1.82) is 0 Å². The highest BCUT2D eigenvalue weighted by Crippen LogP contribution is 2.30. The van der Waals surface area contributed by atoms with E-state index in [0.29, 0.717) is 5.56 Å². The summed E-state index contributed by atoms with van der Waals surface area (Å²) in [7, 11) is 1.61. The van der Waals surface area contributed by atoms with E-state index in [0.717, 1.165) is 38.0 Å². The van der Waals surface area contributed by atoms with Gasteiger partial charge in [0.25, 0.3) is 5.91 Å². The number of methoxy groups -OCH3 is 1. The van der Waals surface area contributed by atoms with Crippen LogP contribution in [0.15, 0.2) is 71.3 Å². The second-order valence-corrected chi connectivity index (χ2v) is 7.86. The summed E-state index contributed by atoms with van der Waals surface area (Å²) in [6.07, 6.45) is 1.60. The van der Waals surface area contributed by atoms with Crippen LogP contribution in [0.5, 0.6) is 5.75 Å². The molecule has 4 rings (SSSR count). The van der Waals surface area contributed by atoms with Crippen molar-refractivity contribution in [2.24, 2.45) is 0 Å². The van der Waals surface area contributed by atoms with Crippen LogP contribution in [0.25, 0.3) is 10.2 Å². The van der Waals surface area contributed by atoms with Crippen molar-refractivity contribution in [3.8, 4) is 5.75 Å². The van der Waals surface area contributed by atoms with Gasteiger partial charge in [0.2, 0.25) is 0 Å². The first-order chi connectivity index (χ1) is 13.7. The smallest absolute Gasteiger partial charge is 0.255 e. The van der Waals surface area contributed by atoms with Gasteiger partial charge >= 0.3 is 0 Å². The van der Waals surface area contributed by atoms with Gasteiger partial charge < -0.3 is 10.1 Å². The lowest BCUT2D eigenvalue weighted by Gasteiger charge is -2.07. The lowest BCUT2D eigenvalue weighted by molar-refractivity contribution is 0.102. The normalized spacial score (nSPS) is 10.8. The molecular weight excluding hydrogens is 390 g/mol. The van der Waals surface area contributed by atoms with E-state index in [2.05, 4.69) is 15.3 Å². The van der Waals surface area contributed by atoms with Crippen molar-refractivity contribution < 1.29 is 9.53 Å². The van der Waals surface area contributed by atoms with Gasteiger partial charge in [0.15, 0.2) is 0 Å². The summed E-state index contributed by atoms with van der Waals surface area (Å²) in [6.45, 7) is 0. The van der Waals surface area contributed by atoms with Crippen LogP contribution in [0.2, 0.25) is 0 Å².